The number of carboxylic acids is 1. The summed E-state index contributed by atoms with van der Waals surface area (Å²) in [5.41, 5.74) is 0.851. The van der Waals surface area contributed by atoms with Gasteiger partial charge in [0.05, 0.1) is 11.3 Å². The van der Waals surface area contributed by atoms with Gasteiger partial charge in [0.25, 0.3) is 0 Å². The Bertz CT molecular complexity index is 796. The van der Waals surface area contributed by atoms with Gasteiger partial charge in [0.15, 0.2) is 0 Å². The van der Waals surface area contributed by atoms with E-state index >= 15 is 0 Å². The smallest absolute Gasteiger partial charge is 0.475 e. The Morgan fingerprint density at radius 2 is 2.00 bits per heavy atom. The number of carbonyl (C=O) groups excluding carboxylic acids is 1. The van der Waals surface area contributed by atoms with Gasteiger partial charge >= 0.3 is 18.2 Å². The summed E-state index contributed by atoms with van der Waals surface area (Å²) >= 11 is 0. The molecule has 0 saturated carbocycles. The zero-order valence-corrected chi connectivity index (χ0v) is 18.0. The van der Waals surface area contributed by atoms with Crippen LogP contribution in [0, 0.1) is 6.92 Å². The maximum Gasteiger partial charge on any atom is 0.490 e. The van der Waals surface area contributed by atoms with Crippen LogP contribution in [0.25, 0.3) is 0 Å². The average molecular weight is 462 g/mol. The zero-order chi connectivity index (χ0) is 23.4. The van der Waals surface area contributed by atoms with Crippen LogP contribution in [0.4, 0.5) is 18.0 Å². The van der Waals surface area contributed by atoms with Gasteiger partial charge in [0.2, 0.25) is 0 Å². The Kier molecular flexibility index (Phi) is 7.65. The van der Waals surface area contributed by atoms with Crippen molar-refractivity contribution in [1.29, 1.82) is 0 Å². The molecule has 4 heterocycles. The predicted octanol–water partition coefficient (Wildman–Crippen LogP) is 2.55. The lowest BCUT2D eigenvalue weighted by molar-refractivity contribution is -0.192. The van der Waals surface area contributed by atoms with Crippen LogP contribution in [0.3, 0.4) is 0 Å². The average Bonchev–Trinajstić information content (AvgIpc) is 3.45. The van der Waals surface area contributed by atoms with Crippen molar-refractivity contribution in [2.75, 3.05) is 32.8 Å². The number of urea groups is 1. The van der Waals surface area contributed by atoms with Gasteiger partial charge in [0, 0.05) is 51.4 Å². The molecule has 2 N–H and O–H groups in total. The van der Waals surface area contributed by atoms with Gasteiger partial charge in [-0.1, -0.05) is 5.16 Å². The molecule has 3 fully saturated rings. The van der Waals surface area contributed by atoms with Gasteiger partial charge in [-0.3, -0.25) is 4.90 Å². The maximum atomic E-state index is 12.4. The van der Waals surface area contributed by atoms with Crippen LogP contribution in [0.2, 0.25) is 0 Å². The summed E-state index contributed by atoms with van der Waals surface area (Å²) in [5.74, 6) is -1.91. The lowest BCUT2D eigenvalue weighted by Crippen LogP contribution is -2.52. The van der Waals surface area contributed by atoms with Crippen molar-refractivity contribution in [3.8, 4) is 0 Å². The molecule has 2 amide bonds. The van der Waals surface area contributed by atoms with Crippen molar-refractivity contribution in [3.05, 3.63) is 17.5 Å². The largest absolute Gasteiger partial charge is 0.490 e. The number of aliphatic carboxylic acids is 1. The molecule has 0 radical (unpaired) electrons. The van der Waals surface area contributed by atoms with E-state index in [-0.39, 0.29) is 17.7 Å². The van der Waals surface area contributed by atoms with Gasteiger partial charge in [-0.25, -0.2) is 9.59 Å². The first kappa shape index (κ1) is 24.3. The summed E-state index contributed by atoms with van der Waals surface area (Å²) in [4.78, 5) is 25.6. The molecule has 12 heteroatoms. The first-order valence-electron chi connectivity index (χ1n) is 10.7. The summed E-state index contributed by atoms with van der Waals surface area (Å²) in [7, 11) is 0. The highest BCUT2D eigenvalue weighted by Gasteiger charge is 2.44. The molecule has 3 saturated heterocycles. The second-order valence-corrected chi connectivity index (χ2v) is 8.56. The first-order valence-corrected chi connectivity index (χ1v) is 10.7. The number of nitrogens with one attached hydrogen (secondary N) is 1. The van der Waals surface area contributed by atoms with Crippen molar-refractivity contribution in [2.24, 2.45) is 0 Å². The number of carboxylic acid groups (broad SMARTS) is 1. The number of rotatable bonds is 3. The highest BCUT2D eigenvalue weighted by Crippen LogP contribution is 2.35. The highest BCUT2D eigenvalue weighted by molar-refractivity contribution is 5.74. The summed E-state index contributed by atoms with van der Waals surface area (Å²) in [6.45, 7) is 7.12. The molecule has 3 aliphatic rings. The number of amides is 2. The number of nitrogens with zero attached hydrogens (tertiary/aromatic N) is 3. The number of hydrogen-bond acceptors (Lipinski definition) is 6. The highest BCUT2D eigenvalue weighted by atomic mass is 19.4. The van der Waals surface area contributed by atoms with E-state index in [1.165, 1.54) is 0 Å². The van der Waals surface area contributed by atoms with Crippen LogP contribution < -0.4 is 5.32 Å². The van der Waals surface area contributed by atoms with Crippen LogP contribution >= 0.6 is 0 Å². The van der Waals surface area contributed by atoms with Gasteiger partial charge in [-0.05, 0) is 39.0 Å². The van der Waals surface area contributed by atoms with E-state index in [1.54, 1.807) is 0 Å². The second-order valence-electron chi connectivity index (χ2n) is 8.56. The number of ether oxygens (including phenoxy) is 1. The number of halogens is 3. The van der Waals surface area contributed by atoms with Gasteiger partial charge in [-0.15, -0.1) is 0 Å². The molecule has 180 valence electrons. The molecular weight excluding hydrogens is 433 g/mol. The lowest BCUT2D eigenvalue weighted by atomic mass is 9.89. The predicted molar refractivity (Wildman–Crippen MR) is 106 cm³/mol. The number of aryl methyl sites for hydroxylation is 1. The normalized spacial score (nSPS) is 26.1. The molecule has 1 aromatic heterocycles. The Hall–Kier alpha value is -2.34. The zero-order valence-electron chi connectivity index (χ0n) is 18.0. The SMILES string of the molecule is Cc1cc(CN2CC[C@@]3(C[C@@H](NC(=O)N4CCCC4)CCO3)C2)no1.O=C(O)C(F)(F)F. The third kappa shape index (κ3) is 6.58. The van der Waals surface area contributed by atoms with Crippen molar-refractivity contribution in [3.63, 3.8) is 0 Å². The number of likely N-dealkylation sites (tertiary alicyclic amines) is 2. The van der Waals surface area contributed by atoms with Crippen molar-refractivity contribution in [2.45, 2.75) is 63.4 Å². The fraction of sp³-hybridized carbons (Fsp3) is 0.750. The number of alkyl halides is 3. The summed E-state index contributed by atoms with van der Waals surface area (Å²) < 4.78 is 43.1. The van der Waals surface area contributed by atoms with Crippen LogP contribution in [-0.2, 0) is 16.1 Å². The standard InChI is InChI=1S/C18H28N4O3.C2HF3O2/c1-14-10-16(20-25-14)12-21-8-5-18(13-21)11-15(4-9-24-18)19-17(23)22-6-2-3-7-22;3-2(4,5)1(6)7/h10,15H,2-9,11-13H2,1H3,(H,19,23);(H,6,7)/t15-,18+;/m0./s1. The third-order valence-corrected chi connectivity index (χ3v) is 5.91. The van der Waals surface area contributed by atoms with E-state index in [1.807, 2.05) is 17.9 Å². The number of carbonyl (C=O) groups is 2. The second kappa shape index (κ2) is 10.1. The molecule has 9 nitrogen and oxygen atoms in total. The van der Waals surface area contributed by atoms with E-state index < -0.39 is 12.1 Å². The molecule has 1 spiro atoms. The molecule has 0 aromatic carbocycles. The maximum absolute atomic E-state index is 12.4. The molecule has 1 aromatic rings. The Balaban J connectivity index is 0.000000360. The topological polar surface area (TPSA) is 108 Å². The van der Waals surface area contributed by atoms with E-state index in [4.69, 9.17) is 19.2 Å². The minimum Gasteiger partial charge on any atom is -0.475 e. The van der Waals surface area contributed by atoms with Crippen LogP contribution in [-0.4, -0.2) is 82.7 Å². The number of hydrogen-bond donors (Lipinski definition) is 2. The molecule has 4 rings (SSSR count). The minimum absolute atomic E-state index is 0.104. The summed E-state index contributed by atoms with van der Waals surface area (Å²) in [5, 5.41) is 14.5. The number of aromatic nitrogens is 1. The summed E-state index contributed by atoms with van der Waals surface area (Å²) in [6.07, 6.45) is -0.00607. The van der Waals surface area contributed by atoms with Crippen molar-refractivity contribution < 1.29 is 37.1 Å². The Labute approximate surface area is 183 Å². The third-order valence-electron chi connectivity index (χ3n) is 5.91. The molecule has 0 bridgehead atoms. The molecule has 2 atom stereocenters. The van der Waals surface area contributed by atoms with E-state index in [9.17, 15) is 18.0 Å². The molecule has 0 unspecified atom stereocenters. The van der Waals surface area contributed by atoms with Crippen molar-refractivity contribution >= 4 is 12.0 Å². The Morgan fingerprint density at radius 1 is 1.31 bits per heavy atom. The van der Waals surface area contributed by atoms with E-state index in [0.717, 1.165) is 82.9 Å². The first-order chi connectivity index (χ1) is 15.1. The lowest BCUT2D eigenvalue weighted by Gasteiger charge is -2.39. The van der Waals surface area contributed by atoms with Gasteiger partial charge in [-0.2, -0.15) is 13.2 Å². The van der Waals surface area contributed by atoms with Gasteiger partial charge in [0.1, 0.15) is 5.76 Å². The van der Waals surface area contributed by atoms with E-state index in [0.29, 0.717) is 0 Å². The van der Waals surface area contributed by atoms with E-state index in [2.05, 4.69) is 15.4 Å². The van der Waals surface area contributed by atoms with Crippen LogP contribution in [0.15, 0.2) is 10.6 Å². The Morgan fingerprint density at radius 3 is 2.59 bits per heavy atom. The van der Waals surface area contributed by atoms with Crippen LogP contribution in [0.1, 0.15) is 43.6 Å². The molecular formula is C20H29F3N4O5. The molecule has 32 heavy (non-hydrogen) atoms. The fourth-order valence-electron chi connectivity index (χ4n) is 4.41. The molecule has 0 aliphatic carbocycles. The van der Waals surface area contributed by atoms with Gasteiger partial charge < -0.3 is 24.6 Å². The van der Waals surface area contributed by atoms with Crippen LogP contribution in [0.5, 0.6) is 0 Å². The fourth-order valence-corrected chi connectivity index (χ4v) is 4.41. The summed E-state index contributed by atoms with van der Waals surface area (Å²) in [6, 6.07) is 2.31. The monoisotopic (exact) mass is 462 g/mol. The quantitative estimate of drug-likeness (QED) is 0.711. The molecule has 3 aliphatic heterocycles. The van der Waals surface area contributed by atoms with Crippen molar-refractivity contribution in [1.82, 2.24) is 20.3 Å². The minimum atomic E-state index is -5.08.